The molecule has 1 atom stereocenters. The first-order chi connectivity index (χ1) is 12.5. The summed E-state index contributed by atoms with van der Waals surface area (Å²) >= 11 is 0. The van der Waals surface area contributed by atoms with Crippen molar-refractivity contribution in [2.24, 2.45) is 0 Å². The molecule has 4 rings (SSSR count). The molecule has 136 valence electrons. The highest BCUT2D eigenvalue weighted by molar-refractivity contribution is 6.43. The Bertz CT molecular complexity index is 826. The molecule has 1 saturated heterocycles. The summed E-state index contributed by atoms with van der Waals surface area (Å²) in [5.74, 6) is 1.99. The number of nitrogens with zero attached hydrogens (tertiary/aromatic N) is 1. The van der Waals surface area contributed by atoms with Gasteiger partial charge in [-0.2, -0.15) is 0 Å². The maximum atomic E-state index is 9.61. The lowest BCUT2D eigenvalue weighted by Gasteiger charge is -2.34. The molecule has 2 aromatic rings. The summed E-state index contributed by atoms with van der Waals surface area (Å²) in [6, 6.07) is 9.68. The molecule has 7 heteroatoms. The number of aromatic nitrogens is 1. The summed E-state index contributed by atoms with van der Waals surface area (Å²) in [7, 11) is 0.906. The molecule has 0 spiro atoms. The second-order valence-corrected chi connectivity index (χ2v) is 7.29. The fourth-order valence-electron chi connectivity index (χ4n) is 3.34. The van der Waals surface area contributed by atoms with Crippen molar-refractivity contribution in [2.45, 2.75) is 31.7 Å². The Labute approximate surface area is 153 Å². The van der Waals surface area contributed by atoms with E-state index in [-0.39, 0.29) is 5.92 Å². The highest BCUT2D eigenvalue weighted by atomic mass is 16.6. The van der Waals surface area contributed by atoms with E-state index in [4.69, 9.17) is 23.8 Å². The summed E-state index contributed by atoms with van der Waals surface area (Å²) < 4.78 is 22.9. The van der Waals surface area contributed by atoms with Gasteiger partial charge in [0, 0.05) is 23.8 Å². The monoisotopic (exact) mass is 355 g/mol. The van der Waals surface area contributed by atoms with E-state index in [0.29, 0.717) is 36.8 Å². The zero-order valence-corrected chi connectivity index (χ0v) is 15.2. The minimum atomic E-state index is -0.710. The van der Waals surface area contributed by atoms with Crippen LogP contribution in [0.2, 0.25) is 6.32 Å². The number of hydrogen-bond acceptors (Lipinski definition) is 6. The standard InChI is InChI=1S/C19H22BNO5/c1-19(2)11-24-17-13(7-8-16(23-3)18(17)26-19)15-6-4-5-14(21-15)12-9-20(22)25-10-12/h4-8,12,22H,9-11H2,1-3H3/t12-/m0/s1. The van der Waals surface area contributed by atoms with E-state index in [1.54, 1.807) is 7.11 Å². The number of benzene rings is 1. The van der Waals surface area contributed by atoms with Crippen molar-refractivity contribution in [3.05, 3.63) is 36.0 Å². The molecule has 0 unspecified atom stereocenters. The summed E-state index contributed by atoms with van der Waals surface area (Å²) in [6.07, 6.45) is 0.560. The summed E-state index contributed by atoms with van der Waals surface area (Å²) in [4.78, 5) is 4.79. The van der Waals surface area contributed by atoms with Gasteiger partial charge in [0.2, 0.25) is 5.75 Å². The van der Waals surface area contributed by atoms with Crippen LogP contribution in [0.3, 0.4) is 0 Å². The lowest BCUT2D eigenvalue weighted by atomic mass is 9.81. The molecule has 0 radical (unpaired) electrons. The van der Waals surface area contributed by atoms with Crippen molar-refractivity contribution in [1.82, 2.24) is 4.98 Å². The number of rotatable bonds is 3. The van der Waals surface area contributed by atoms with Gasteiger partial charge in [-0.1, -0.05) is 6.07 Å². The molecular formula is C19H22BNO5. The smallest absolute Gasteiger partial charge is 0.454 e. The fourth-order valence-corrected chi connectivity index (χ4v) is 3.34. The van der Waals surface area contributed by atoms with Gasteiger partial charge in [-0.25, -0.2) is 0 Å². The van der Waals surface area contributed by atoms with Crippen molar-refractivity contribution in [2.75, 3.05) is 20.3 Å². The molecule has 0 amide bonds. The molecule has 2 aliphatic rings. The molecule has 1 aromatic heterocycles. The first-order valence-electron chi connectivity index (χ1n) is 8.76. The van der Waals surface area contributed by atoms with Crippen molar-refractivity contribution in [3.63, 3.8) is 0 Å². The Morgan fingerprint density at radius 3 is 2.81 bits per heavy atom. The van der Waals surface area contributed by atoms with Crippen LogP contribution >= 0.6 is 0 Å². The summed E-state index contributed by atoms with van der Waals surface area (Å²) in [5.41, 5.74) is 2.13. The molecule has 2 aliphatic heterocycles. The second kappa shape index (κ2) is 6.48. The Morgan fingerprint density at radius 2 is 2.08 bits per heavy atom. The van der Waals surface area contributed by atoms with E-state index in [0.717, 1.165) is 17.0 Å². The molecule has 1 fully saturated rings. The van der Waals surface area contributed by atoms with Crippen molar-refractivity contribution in [3.8, 4) is 28.5 Å². The van der Waals surface area contributed by atoms with E-state index >= 15 is 0 Å². The number of pyridine rings is 1. The topological polar surface area (TPSA) is 70.0 Å². The molecule has 26 heavy (non-hydrogen) atoms. The van der Waals surface area contributed by atoms with Gasteiger partial charge in [0.25, 0.3) is 0 Å². The minimum absolute atomic E-state index is 0.0927. The van der Waals surface area contributed by atoms with Gasteiger partial charge in [0.15, 0.2) is 11.5 Å². The number of ether oxygens (including phenoxy) is 3. The van der Waals surface area contributed by atoms with E-state index in [2.05, 4.69) is 0 Å². The van der Waals surface area contributed by atoms with E-state index in [1.165, 1.54) is 0 Å². The highest BCUT2D eigenvalue weighted by Gasteiger charge is 2.34. The van der Waals surface area contributed by atoms with Gasteiger partial charge in [0.1, 0.15) is 12.2 Å². The van der Waals surface area contributed by atoms with Crippen LogP contribution in [0.15, 0.2) is 30.3 Å². The van der Waals surface area contributed by atoms with Crippen LogP contribution < -0.4 is 14.2 Å². The number of hydrogen-bond donors (Lipinski definition) is 1. The maximum absolute atomic E-state index is 9.61. The molecule has 3 heterocycles. The third-order valence-electron chi connectivity index (χ3n) is 4.68. The van der Waals surface area contributed by atoms with Crippen LogP contribution in [-0.4, -0.2) is 43.1 Å². The molecule has 1 N–H and O–H groups in total. The average Bonchev–Trinajstić information content (AvgIpc) is 3.06. The van der Waals surface area contributed by atoms with E-state index in [1.807, 2.05) is 44.2 Å². The van der Waals surface area contributed by atoms with Gasteiger partial charge < -0.3 is 23.9 Å². The van der Waals surface area contributed by atoms with Crippen LogP contribution in [0.4, 0.5) is 0 Å². The largest absolute Gasteiger partial charge is 0.493 e. The Morgan fingerprint density at radius 1 is 1.23 bits per heavy atom. The average molecular weight is 355 g/mol. The van der Waals surface area contributed by atoms with E-state index in [9.17, 15) is 5.02 Å². The van der Waals surface area contributed by atoms with Crippen LogP contribution in [0, 0.1) is 0 Å². The van der Waals surface area contributed by atoms with Crippen molar-refractivity contribution in [1.29, 1.82) is 0 Å². The van der Waals surface area contributed by atoms with Crippen molar-refractivity contribution >= 4 is 7.12 Å². The molecule has 0 saturated carbocycles. The predicted octanol–water partition coefficient (Wildman–Crippen LogP) is 2.90. The lowest BCUT2D eigenvalue weighted by molar-refractivity contribution is 0.0190. The fraction of sp³-hybridized carbons (Fsp3) is 0.421. The first kappa shape index (κ1) is 17.2. The minimum Gasteiger partial charge on any atom is -0.493 e. The van der Waals surface area contributed by atoms with Crippen LogP contribution in [0.25, 0.3) is 11.3 Å². The third kappa shape index (κ3) is 3.13. The quantitative estimate of drug-likeness (QED) is 0.854. The first-order valence-corrected chi connectivity index (χ1v) is 8.76. The van der Waals surface area contributed by atoms with Gasteiger partial charge in [-0.3, -0.25) is 4.98 Å². The van der Waals surface area contributed by atoms with Gasteiger partial charge in [-0.05, 0) is 44.4 Å². The summed E-state index contributed by atoms with van der Waals surface area (Å²) in [5, 5.41) is 9.61. The molecular weight excluding hydrogens is 333 g/mol. The van der Waals surface area contributed by atoms with Crippen LogP contribution in [-0.2, 0) is 4.65 Å². The zero-order chi connectivity index (χ0) is 18.3. The molecule has 1 aromatic carbocycles. The van der Waals surface area contributed by atoms with Crippen molar-refractivity contribution < 1.29 is 23.9 Å². The van der Waals surface area contributed by atoms with Crippen LogP contribution in [0.1, 0.15) is 25.5 Å². The van der Waals surface area contributed by atoms with E-state index < -0.39 is 12.7 Å². The van der Waals surface area contributed by atoms with Gasteiger partial charge in [0.05, 0.1) is 12.8 Å². The summed E-state index contributed by atoms with van der Waals surface area (Å²) in [6.45, 7) is 4.88. The molecule has 6 nitrogen and oxygen atoms in total. The third-order valence-corrected chi connectivity index (χ3v) is 4.68. The number of methoxy groups -OCH3 is 1. The van der Waals surface area contributed by atoms with Gasteiger partial charge in [-0.15, -0.1) is 0 Å². The second-order valence-electron chi connectivity index (χ2n) is 7.29. The normalized spacial score (nSPS) is 20.9. The molecule has 0 bridgehead atoms. The maximum Gasteiger partial charge on any atom is 0.454 e. The number of fused-ring (bicyclic) bond motifs is 1. The predicted molar refractivity (Wildman–Crippen MR) is 97.9 cm³/mol. The van der Waals surface area contributed by atoms with Crippen LogP contribution in [0.5, 0.6) is 17.2 Å². The zero-order valence-electron chi connectivity index (χ0n) is 15.2. The Balaban J connectivity index is 1.75. The van der Waals surface area contributed by atoms with Gasteiger partial charge >= 0.3 is 7.12 Å². The molecule has 0 aliphatic carbocycles. The lowest BCUT2D eigenvalue weighted by Crippen LogP contribution is -2.39. The Hall–Kier alpha value is -2.25. The SMILES string of the molecule is COc1ccc(-c2cccc([C@@H]3COB(O)C3)n2)c2c1OC(C)(C)CO2. The highest BCUT2D eigenvalue weighted by Crippen LogP contribution is 2.48. The Kier molecular flexibility index (Phi) is 4.29.